The second-order valence-corrected chi connectivity index (χ2v) is 9.58. The Labute approximate surface area is 172 Å². The summed E-state index contributed by atoms with van der Waals surface area (Å²) in [4.78, 5) is 25.5. The fourth-order valence-electron chi connectivity index (χ4n) is 5.18. The maximum absolute atomic E-state index is 15.0. The van der Waals surface area contributed by atoms with Gasteiger partial charge in [0.05, 0.1) is 12.0 Å². The first-order valence-corrected chi connectivity index (χ1v) is 10.5. The zero-order chi connectivity index (χ0) is 21.9. The Balaban J connectivity index is 1.55. The summed E-state index contributed by atoms with van der Waals surface area (Å²) in [5, 5.41) is 11.7. The van der Waals surface area contributed by atoms with E-state index in [1.54, 1.807) is 0 Å². The highest BCUT2D eigenvalue weighted by molar-refractivity contribution is 5.82. The molecule has 0 radical (unpaired) electrons. The molecule has 166 valence electrons. The Morgan fingerprint density at radius 3 is 2.27 bits per heavy atom. The maximum Gasteiger partial charge on any atom is 0.314 e. The lowest BCUT2D eigenvalue weighted by atomic mass is 9.83. The van der Waals surface area contributed by atoms with Crippen LogP contribution in [-0.4, -0.2) is 47.3 Å². The highest BCUT2D eigenvalue weighted by Gasteiger charge is 2.82. The van der Waals surface area contributed by atoms with Crippen molar-refractivity contribution in [1.29, 1.82) is 5.26 Å². The van der Waals surface area contributed by atoms with E-state index in [9.17, 15) is 23.6 Å². The maximum atomic E-state index is 15.0. The van der Waals surface area contributed by atoms with Crippen LogP contribution in [0.15, 0.2) is 0 Å². The predicted octanol–water partition coefficient (Wildman–Crippen LogP) is 3.03. The Morgan fingerprint density at radius 1 is 1.20 bits per heavy atom. The number of alkyl halides is 4. The van der Waals surface area contributed by atoms with Gasteiger partial charge in [-0.2, -0.15) is 5.26 Å². The molecule has 3 N–H and O–H groups in total. The summed E-state index contributed by atoms with van der Waals surface area (Å²) in [5.74, 6) is -10.6. The topological polar surface area (TPSA) is 99.2 Å². The van der Waals surface area contributed by atoms with Crippen LogP contribution in [0.25, 0.3) is 0 Å². The number of rotatable bonds is 7. The lowest BCUT2D eigenvalue weighted by Gasteiger charge is -2.32. The largest absolute Gasteiger partial charge is 0.351 e. The molecule has 1 unspecified atom stereocenters. The molecule has 4 fully saturated rings. The fourth-order valence-corrected chi connectivity index (χ4v) is 5.18. The van der Waals surface area contributed by atoms with E-state index >= 15 is 8.78 Å². The van der Waals surface area contributed by atoms with Crippen molar-refractivity contribution >= 4 is 11.9 Å². The quantitative estimate of drug-likeness (QED) is 0.608. The number of likely N-dealkylation sites (tertiary alicyclic amines) is 1. The molecule has 0 aromatic rings. The highest BCUT2D eigenvalue weighted by Crippen LogP contribution is 2.74. The summed E-state index contributed by atoms with van der Waals surface area (Å²) in [6.45, 7) is 0.0206. The van der Waals surface area contributed by atoms with Crippen LogP contribution in [-0.2, 0) is 4.79 Å². The third-order valence-corrected chi connectivity index (χ3v) is 7.40. The monoisotopic (exact) mass is 430 g/mol. The molecule has 0 aromatic carbocycles. The first-order chi connectivity index (χ1) is 14.0. The molecule has 6 nitrogen and oxygen atoms in total. The number of carbonyl (C=O) groups excluding carboxylic acids is 2. The number of nitriles is 1. The van der Waals surface area contributed by atoms with Gasteiger partial charge in [0.2, 0.25) is 11.8 Å². The van der Waals surface area contributed by atoms with Crippen molar-refractivity contribution < 1.29 is 27.2 Å². The molecule has 0 bridgehead atoms. The third-order valence-electron chi connectivity index (χ3n) is 7.40. The molecule has 3 amide bonds. The van der Waals surface area contributed by atoms with Gasteiger partial charge in [0.15, 0.2) is 0 Å². The predicted molar refractivity (Wildman–Crippen MR) is 97.4 cm³/mol. The lowest BCUT2D eigenvalue weighted by molar-refractivity contribution is -0.132. The summed E-state index contributed by atoms with van der Waals surface area (Å²) < 4.78 is 59.4. The first kappa shape index (κ1) is 21.2. The molecule has 1 aliphatic heterocycles. The molecule has 1 heterocycles. The van der Waals surface area contributed by atoms with E-state index in [0.717, 1.165) is 0 Å². The van der Waals surface area contributed by atoms with Crippen LogP contribution < -0.4 is 11.1 Å². The molecular formula is C20H26F4N4O2. The molecule has 1 saturated heterocycles. The zero-order valence-electron chi connectivity index (χ0n) is 16.6. The van der Waals surface area contributed by atoms with Gasteiger partial charge < -0.3 is 16.0 Å². The van der Waals surface area contributed by atoms with Crippen LogP contribution in [0.4, 0.5) is 22.4 Å². The molecule has 0 aromatic heterocycles. The Kier molecular flexibility index (Phi) is 4.75. The van der Waals surface area contributed by atoms with Crippen molar-refractivity contribution in [2.45, 2.75) is 68.8 Å². The first-order valence-electron chi connectivity index (χ1n) is 10.5. The van der Waals surface area contributed by atoms with E-state index in [0.29, 0.717) is 25.7 Å². The van der Waals surface area contributed by atoms with Crippen molar-refractivity contribution in [2.24, 2.45) is 28.9 Å². The highest BCUT2D eigenvalue weighted by atomic mass is 19.3. The van der Waals surface area contributed by atoms with Gasteiger partial charge in [-0.25, -0.2) is 22.4 Å². The molecule has 4 aliphatic rings. The number of urea groups is 1. The van der Waals surface area contributed by atoms with Gasteiger partial charge in [-0.05, 0) is 44.4 Å². The molecular weight excluding hydrogens is 404 g/mol. The van der Waals surface area contributed by atoms with Crippen LogP contribution in [0, 0.1) is 34.5 Å². The number of nitrogens with one attached hydrogen (secondary N) is 1. The second kappa shape index (κ2) is 6.72. The molecule has 30 heavy (non-hydrogen) atoms. The van der Waals surface area contributed by atoms with Gasteiger partial charge >= 0.3 is 6.03 Å². The number of amides is 3. The van der Waals surface area contributed by atoms with Crippen LogP contribution in [0.2, 0.25) is 0 Å². The molecule has 10 heteroatoms. The third kappa shape index (κ3) is 3.60. The van der Waals surface area contributed by atoms with Gasteiger partial charge in [-0.15, -0.1) is 0 Å². The summed E-state index contributed by atoms with van der Waals surface area (Å²) in [5.41, 5.74) is 2.52. The number of halogens is 4. The van der Waals surface area contributed by atoms with Gasteiger partial charge in [-0.3, -0.25) is 4.79 Å². The van der Waals surface area contributed by atoms with E-state index in [4.69, 9.17) is 5.73 Å². The summed E-state index contributed by atoms with van der Waals surface area (Å²) in [6.07, 6.45) is 0.636. The van der Waals surface area contributed by atoms with Crippen molar-refractivity contribution in [1.82, 2.24) is 10.2 Å². The van der Waals surface area contributed by atoms with Crippen LogP contribution in [0.1, 0.15) is 51.4 Å². The fraction of sp³-hybridized carbons (Fsp3) is 0.850. The minimum absolute atomic E-state index is 0.0103. The summed E-state index contributed by atoms with van der Waals surface area (Å²) in [7, 11) is 0. The zero-order valence-corrected chi connectivity index (χ0v) is 16.6. The molecule has 4 rings (SSSR count). The molecule has 1 spiro atoms. The normalized spacial score (nSPS) is 29.0. The SMILES string of the molecule is N#CC1(NC(=O)[C@@H](CC(F)(F)CC2CC2)C2C(F)(F)C23CCN(C(N)=O)CC3)CC1. The van der Waals surface area contributed by atoms with Crippen LogP contribution in [0.5, 0.6) is 0 Å². The standard InChI is InChI=1S/C20H26F4N4O2/c21-19(22,9-12-1-2-12)10-13(15(29)27-17(11-25)3-4-17)14-18(20(14,23)24)5-7-28(8-6-18)16(26)30/h12-14H,1-10H2,(H2,26,30)(H,27,29)/t13-,14?/m0/s1. The number of carbonyl (C=O) groups is 2. The van der Waals surface area contributed by atoms with Crippen molar-refractivity contribution in [3.63, 3.8) is 0 Å². The van der Waals surface area contributed by atoms with Gasteiger partial charge in [0.1, 0.15) is 5.54 Å². The van der Waals surface area contributed by atoms with Crippen molar-refractivity contribution in [3.8, 4) is 6.07 Å². The Morgan fingerprint density at radius 2 is 1.80 bits per heavy atom. The Hall–Kier alpha value is -2.05. The number of primary amides is 1. The van der Waals surface area contributed by atoms with E-state index < -0.39 is 59.4 Å². The number of hydrogen-bond donors (Lipinski definition) is 2. The van der Waals surface area contributed by atoms with E-state index in [1.165, 1.54) is 4.90 Å². The van der Waals surface area contributed by atoms with Crippen molar-refractivity contribution in [3.05, 3.63) is 0 Å². The smallest absolute Gasteiger partial charge is 0.314 e. The number of nitrogens with two attached hydrogens (primary N) is 1. The minimum atomic E-state index is -3.28. The molecule has 3 aliphatic carbocycles. The average Bonchev–Trinajstić information content (AvgIpc) is 3.59. The summed E-state index contributed by atoms with van der Waals surface area (Å²) in [6, 6.07) is 1.24. The van der Waals surface area contributed by atoms with Gasteiger partial charge in [-0.1, -0.05) is 0 Å². The second-order valence-electron chi connectivity index (χ2n) is 9.58. The van der Waals surface area contributed by atoms with E-state index in [1.807, 2.05) is 6.07 Å². The molecule has 2 atom stereocenters. The van der Waals surface area contributed by atoms with Crippen molar-refractivity contribution in [2.75, 3.05) is 13.1 Å². The van der Waals surface area contributed by atoms with Gasteiger partial charge in [0, 0.05) is 37.3 Å². The summed E-state index contributed by atoms with van der Waals surface area (Å²) >= 11 is 0. The molecule has 3 saturated carbocycles. The minimum Gasteiger partial charge on any atom is -0.351 e. The van der Waals surface area contributed by atoms with Gasteiger partial charge in [0.25, 0.3) is 5.92 Å². The van der Waals surface area contributed by atoms with Crippen LogP contribution in [0.3, 0.4) is 0 Å². The number of hydrogen-bond acceptors (Lipinski definition) is 3. The lowest BCUT2D eigenvalue weighted by Crippen LogP contribution is -2.45. The van der Waals surface area contributed by atoms with Crippen LogP contribution >= 0.6 is 0 Å². The number of nitrogens with zero attached hydrogens (tertiary/aromatic N) is 2. The van der Waals surface area contributed by atoms with E-state index in [2.05, 4.69) is 5.32 Å². The Bertz CT molecular complexity index is 780. The van der Waals surface area contributed by atoms with E-state index in [-0.39, 0.29) is 31.8 Å². The average molecular weight is 430 g/mol. The number of piperidine rings is 1.